The largest absolute Gasteiger partial charge is 0.298 e. The van der Waals surface area contributed by atoms with E-state index in [1.54, 1.807) is 13.8 Å². The van der Waals surface area contributed by atoms with Gasteiger partial charge in [-0.25, -0.2) is 26.9 Å². The third-order valence-corrected chi connectivity index (χ3v) is 4.82. The van der Waals surface area contributed by atoms with Crippen LogP contribution in [0.25, 0.3) is 0 Å². The van der Waals surface area contributed by atoms with Gasteiger partial charge in [0.2, 0.25) is 10.0 Å². The Morgan fingerprint density at radius 2 is 1.96 bits per heavy atom. The molecule has 1 heterocycles. The number of aromatic nitrogens is 2. The van der Waals surface area contributed by atoms with Crippen LogP contribution in [0.3, 0.4) is 0 Å². The molecule has 0 saturated heterocycles. The molecular weight excluding hydrogens is 328 g/mol. The second-order valence-electron chi connectivity index (χ2n) is 4.93. The van der Waals surface area contributed by atoms with Crippen LogP contribution in [-0.2, 0) is 16.6 Å². The highest BCUT2D eigenvalue weighted by Crippen LogP contribution is 2.15. The highest BCUT2D eigenvalue weighted by Gasteiger charge is 2.19. The van der Waals surface area contributed by atoms with Gasteiger partial charge >= 0.3 is 0 Å². The molecule has 0 unspecified atom stereocenters. The van der Waals surface area contributed by atoms with Gasteiger partial charge in [0.25, 0.3) is 5.56 Å². The van der Waals surface area contributed by atoms with Crippen LogP contribution >= 0.6 is 0 Å². The van der Waals surface area contributed by atoms with Gasteiger partial charge in [0.05, 0.1) is 6.33 Å². The van der Waals surface area contributed by atoms with E-state index in [0.29, 0.717) is 17.3 Å². The Morgan fingerprint density at radius 1 is 1.26 bits per heavy atom. The Morgan fingerprint density at radius 3 is 2.65 bits per heavy atom. The number of aryl methyl sites for hydroxylation is 1. The first-order chi connectivity index (χ1) is 10.7. The molecule has 0 radical (unpaired) electrons. The van der Waals surface area contributed by atoms with Crippen molar-refractivity contribution in [1.82, 2.24) is 14.3 Å². The predicted octanol–water partition coefficient (Wildman–Crippen LogP) is 1.12. The zero-order valence-electron chi connectivity index (χ0n) is 12.5. The van der Waals surface area contributed by atoms with Crippen molar-refractivity contribution in [3.05, 3.63) is 57.8 Å². The maximum absolute atomic E-state index is 13.5. The molecule has 0 bridgehead atoms. The summed E-state index contributed by atoms with van der Waals surface area (Å²) in [6.45, 7) is 3.16. The van der Waals surface area contributed by atoms with Crippen molar-refractivity contribution < 1.29 is 17.2 Å². The van der Waals surface area contributed by atoms with Gasteiger partial charge < -0.3 is 0 Å². The smallest absolute Gasteiger partial charge is 0.256 e. The second kappa shape index (κ2) is 6.55. The number of benzene rings is 1. The van der Waals surface area contributed by atoms with Gasteiger partial charge in [-0.05, 0) is 32.0 Å². The van der Waals surface area contributed by atoms with Gasteiger partial charge in [-0.15, -0.1) is 0 Å². The monoisotopic (exact) mass is 343 g/mol. The van der Waals surface area contributed by atoms with Crippen molar-refractivity contribution in [2.45, 2.75) is 25.3 Å². The summed E-state index contributed by atoms with van der Waals surface area (Å²) >= 11 is 0. The van der Waals surface area contributed by atoms with Crippen LogP contribution in [0, 0.1) is 25.5 Å². The number of sulfonamides is 1. The van der Waals surface area contributed by atoms with Crippen LogP contribution in [0.4, 0.5) is 8.78 Å². The summed E-state index contributed by atoms with van der Waals surface area (Å²) in [6, 6.07) is 2.16. The predicted molar refractivity (Wildman–Crippen MR) is 79.5 cm³/mol. The van der Waals surface area contributed by atoms with E-state index >= 15 is 0 Å². The van der Waals surface area contributed by atoms with E-state index in [1.807, 2.05) is 0 Å². The fourth-order valence-electron chi connectivity index (χ4n) is 1.90. The maximum atomic E-state index is 13.5. The Bertz CT molecular complexity index is 895. The molecule has 124 valence electrons. The average Bonchev–Trinajstić information content (AvgIpc) is 2.49. The zero-order chi connectivity index (χ0) is 17.2. The van der Waals surface area contributed by atoms with E-state index in [0.717, 1.165) is 12.1 Å². The zero-order valence-corrected chi connectivity index (χ0v) is 13.3. The normalized spacial score (nSPS) is 11.7. The summed E-state index contributed by atoms with van der Waals surface area (Å²) in [5.74, 6) is -1.91. The molecule has 0 saturated carbocycles. The second-order valence-corrected chi connectivity index (χ2v) is 6.66. The summed E-state index contributed by atoms with van der Waals surface area (Å²) in [5, 5.41) is 0. The lowest BCUT2D eigenvalue weighted by Gasteiger charge is -2.10. The topological polar surface area (TPSA) is 81.1 Å². The number of rotatable bonds is 5. The van der Waals surface area contributed by atoms with E-state index in [9.17, 15) is 22.0 Å². The highest BCUT2D eigenvalue weighted by molar-refractivity contribution is 7.89. The van der Waals surface area contributed by atoms with Gasteiger partial charge in [0, 0.05) is 24.3 Å². The lowest BCUT2D eigenvalue weighted by atomic mass is 10.3. The van der Waals surface area contributed by atoms with Crippen LogP contribution < -0.4 is 10.3 Å². The SMILES string of the molecule is Cc1ncn(CCNS(=O)(=O)c2cc(F)ccc2F)c(=O)c1C. The molecule has 0 aliphatic carbocycles. The summed E-state index contributed by atoms with van der Waals surface area (Å²) in [5.41, 5.74) is 0.772. The van der Waals surface area contributed by atoms with E-state index in [2.05, 4.69) is 9.71 Å². The van der Waals surface area contributed by atoms with Gasteiger partial charge in [0.1, 0.15) is 16.5 Å². The number of nitrogens with one attached hydrogen (secondary N) is 1. The number of hydrogen-bond acceptors (Lipinski definition) is 4. The van der Waals surface area contributed by atoms with Gasteiger partial charge in [-0.2, -0.15) is 0 Å². The molecule has 0 aliphatic rings. The van der Waals surface area contributed by atoms with E-state index in [1.165, 1.54) is 10.9 Å². The van der Waals surface area contributed by atoms with Crippen LogP contribution in [0.5, 0.6) is 0 Å². The molecule has 2 aromatic rings. The lowest BCUT2D eigenvalue weighted by molar-refractivity contribution is 0.540. The Balaban J connectivity index is 2.13. The molecule has 1 N–H and O–H groups in total. The first kappa shape index (κ1) is 17.2. The van der Waals surface area contributed by atoms with E-state index in [4.69, 9.17) is 0 Å². The van der Waals surface area contributed by atoms with Crippen LogP contribution in [0.1, 0.15) is 11.3 Å². The molecule has 0 amide bonds. The van der Waals surface area contributed by atoms with Crippen molar-refractivity contribution in [1.29, 1.82) is 0 Å². The third kappa shape index (κ3) is 3.80. The van der Waals surface area contributed by atoms with Crippen molar-refractivity contribution in [3.63, 3.8) is 0 Å². The molecule has 9 heteroatoms. The minimum absolute atomic E-state index is 0.0170. The summed E-state index contributed by atoms with van der Waals surface area (Å²) in [7, 11) is -4.22. The molecule has 0 spiro atoms. The molecule has 6 nitrogen and oxygen atoms in total. The molecule has 0 fully saturated rings. The van der Waals surface area contributed by atoms with E-state index < -0.39 is 26.6 Å². The van der Waals surface area contributed by atoms with Crippen molar-refractivity contribution in [2.75, 3.05) is 6.54 Å². The van der Waals surface area contributed by atoms with Crippen LogP contribution in [-0.4, -0.2) is 24.5 Å². The van der Waals surface area contributed by atoms with Crippen LogP contribution in [0.2, 0.25) is 0 Å². The third-order valence-electron chi connectivity index (χ3n) is 3.34. The Kier molecular flexibility index (Phi) is 4.90. The number of halogens is 2. The molecule has 0 aliphatic heterocycles. The average molecular weight is 343 g/mol. The van der Waals surface area contributed by atoms with Gasteiger partial charge in [0.15, 0.2) is 0 Å². The quantitative estimate of drug-likeness (QED) is 0.882. The maximum Gasteiger partial charge on any atom is 0.256 e. The first-order valence-electron chi connectivity index (χ1n) is 6.70. The molecule has 2 rings (SSSR count). The Labute approximate surface area is 131 Å². The molecule has 23 heavy (non-hydrogen) atoms. The summed E-state index contributed by atoms with van der Waals surface area (Å²) in [6.07, 6.45) is 1.31. The standard InChI is InChI=1S/C14H15F2N3O3S/c1-9-10(2)17-8-19(14(9)20)6-5-18-23(21,22)13-7-11(15)3-4-12(13)16/h3-4,7-8,18H,5-6H2,1-2H3. The molecular formula is C14H15F2N3O3S. The fraction of sp³-hybridized carbons (Fsp3) is 0.286. The molecule has 1 aromatic heterocycles. The van der Waals surface area contributed by atoms with Crippen molar-refractivity contribution in [3.8, 4) is 0 Å². The lowest BCUT2D eigenvalue weighted by Crippen LogP contribution is -2.32. The van der Waals surface area contributed by atoms with Gasteiger partial charge in [-0.1, -0.05) is 0 Å². The molecule has 0 atom stereocenters. The number of hydrogen-bond donors (Lipinski definition) is 1. The highest BCUT2D eigenvalue weighted by atomic mass is 32.2. The fourth-order valence-corrected chi connectivity index (χ4v) is 3.00. The Hall–Kier alpha value is -2.13. The summed E-state index contributed by atoms with van der Waals surface area (Å²) < 4.78 is 53.9. The van der Waals surface area contributed by atoms with Crippen molar-refractivity contribution in [2.24, 2.45) is 0 Å². The van der Waals surface area contributed by atoms with Crippen molar-refractivity contribution >= 4 is 10.0 Å². The van der Waals surface area contributed by atoms with E-state index in [-0.39, 0.29) is 18.6 Å². The minimum Gasteiger partial charge on any atom is -0.298 e. The minimum atomic E-state index is -4.22. The van der Waals surface area contributed by atoms with Crippen LogP contribution in [0.15, 0.2) is 34.2 Å². The first-order valence-corrected chi connectivity index (χ1v) is 8.18. The number of nitrogens with zero attached hydrogens (tertiary/aromatic N) is 2. The molecule has 1 aromatic carbocycles. The van der Waals surface area contributed by atoms with Gasteiger partial charge in [-0.3, -0.25) is 9.36 Å². The summed E-state index contributed by atoms with van der Waals surface area (Å²) in [4.78, 5) is 15.2.